The molecule has 0 spiro atoms. The number of rotatable bonds is 2. The van der Waals surface area contributed by atoms with Gasteiger partial charge in [0.1, 0.15) is 4.90 Å². The molecule has 1 unspecified atom stereocenters. The monoisotopic (exact) mass is 335 g/mol. The fraction of sp³-hybridized carbons (Fsp3) is 0.364. The van der Waals surface area contributed by atoms with Crippen LogP contribution in [0.2, 0.25) is 5.02 Å². The van der Waals surface area contributed by atoms with Crippen molar-refractivity contribution < 1.29 is 13.5 Å². The van der Waals surface area contributed by atoms with Gasteiger partial charge in [-0.1, -0.05) is 29.4 Å². The number of amidine groups is 1. The number of hydrogen-bond donors (Lipinski definition) is 2. The highest BCUT2D eigenvalue weighted by Gasteiger charge is 2.42. The molecular weight excluding hydrogens is 322 g/mol. The molecule has 110 valence electrons. The van der Waals surface area contributed by atoms with Crippen molar-refractivity contribution in [3.63, 3.8) is 0 Å². The Morgan fingerprint density at radius 3 is 2.70 bits per heavy atom. The quantitative estimate of drug-likeness (QED) is 0.833. The maximum Gasteiger partial charge on any atom is 0.239 e. The molecule has 1 aromatic rings. The average Bonchev–Trinajstić information content (AvgIpc) is 2.66. The zero-order valence-electron chi connectivity index (χ0n) is 10.9. The number of hydrogen-bond acceptors (Lipinski definition) is 5. The number of sulfonamides is 1. The summed E-state index contributed by atoms with van der Waals surface area (Å²) in [7, 11) is -0.632. The zero-order chi connectivity index (χ0) is 15.1. The Labute approximate surface area is 126 Å². The van der Waals surface area contributed by atoms with Gasteiger partial charge < -0.3 is 10.0 Å². The molecule has 1 heterocycles. The largest absolute Gasteiger partial charge is 0.366 e. The number of nitrogens with two attached hydrogens (primary N) is 1. The number of nitrogens with zero attached hydrogens (tertiary/aromatic N) is 2. The van der Waals surface area contributed by atoms with Crippen molar-refractivity contribution in [2.75, 3.05) is 19.8 Å². The van der Waals surface area contributed by atoms with Gasteiger partial charge in [-0.2, -0.15) is 0 Å². The summed E-state index contributed by atoms with van der Waals surface area (Å²) in [4.78, 5) is 5.44. The molecule has 0 saturated carbocycles. The number of halogens is 1. The molecule has 0 aromatic heterocycles. The van der Waals surface area contributed by atoms with Gasteiger partial charge in [-0.25, -0.2) is 13.6 Å². The zero-order valence-corrected chi connectivity index (χ0v) is 13.3. The van der Waals surface area contributed by atoms with Crippen LogP contribution in [0.15, 0.2) is 28.1 Å². The van der Waals surface area contributed by atoms with Crippen molar-refractivity contribution >= 4 is 38.6 Å². The van der Waals surface area contributed by atoms with E-state index in [4.69, 9.17) is 16.7 Å². The third-order valence-corrected chi connectivity index (χ3v) is 5.79. The first-order valence-corrected chi connectivity index (χ1v) is 8.50. The van der Waals surface area contributed by atoms with E-state index in [0.29, 0.717) is 16.5 Å². The lowest BCUT2D eigenvalue weighted by atomic mass is 10.0. The average molecular weight is 336 g/mol. The van der Waals surface area contributed by atoms with E-state index in [1.807, 2.05) is 0 Å². The van der Waals surface area contributed by atoms with Crippen LogP contribution in [0.25, 0.3) is 0 Å². The Kier molecular flexibility index (Phi) is 4.05. The summed E-state index contributed by atoms with van der Waals surface area (Å²) in [6.45, 7) is 0. The molecule has 1 aliphatic heterocycles. The maximum atomic E-state index is 11.5. The van der Waals surface area contributed by atoms with Crippen molar-refractivity contribution in [3.8, 4) is 0 Å². The molecule has 1 atom stereocenters. The van der Waals surface area contributed by atoms with E-state index in [0.717, 1.165) is 0 Å². The second-order valence-corrected chi connectivity index (χ2v) is 7.24. The lowest BCUT2D eigenvalue weighted by Crippen LogP contribution is -2.42. The van der Waals surface area contributed by atoms with Crippen LogP contribution in [0.5, 0.6) is 0 Å². The lowest BCUT2D eigenvalue weighted by molar-refractivity contribution is -0.0349. The second kappa shape index (κ2) is 5.19. The van der Waals surface area contributed by atoms with E-state index in [1.54, 1.807) is 25.1 Å². The van der Waals surface area contributed by atoms with Crippen molar-refractivity contribution in [1.82, 2.24) is 4.90 Å². The lowest BCUT2D eigenvalue weighted by Gasteiger charge is -2.31. The topological polar surface area (TPSA) is 96.0 Å². The highest BCUT2D eigenvalue weighted by Crippen LogP contribution is 2.39. The van der Waals surface area contributed by atoms with Crippen molar-refractivity contribution in [2.45, 2.75) is 10.6 Å². The van der Waals surface area contributed by atoms with Gasteiger partial charge in [-0.15, -0.1) is 0 Å². The Bertz CT molecular complexity index is 677. The molecule has 1 saturated heterocycles. The number of aliphatic hydroxyl groups is 1. The molecule has 0 amide bonds. The standard InChI is InChI=1S/C11H14ClN3O3S2/c1-14-10-15(2)11(16,6-19-10)7-3-4-8(12)9(5-7)20(13,17)18/h3-5,16H,6H2,1-2H3,(H2,13,17,18)/b14-10-. The van der Waals surface area contributed by atoms with Gasteiger partial charge in [0.15, 0.2) is 10.9 Å². The molecule has 6 nitrogen and oxygen atoms in total. The fourth-order valence-electron chi connectivity index (χ4n) is 1.98. The first-order valence-electron chi connectivity index (χ1n) is 5.59. The number of benzene rings is 1. The van der Waals surface area contributed by atoms with Gasteiger partial charge in [0.05, 0.1) is 10.8 Å². The molecule has 9 heteroatoms. The molecular formula is C11H14ClN3O3S2. The van der Waals surface area contributed by atoms with Crippen molar-refractivity contribution in [3.05, 3.63) is 28.8 Å². The Balaban J connectivity index is 2.55. The van der Waals surface area contributed by atoms with E-state index in [2.05, 4.69) is 4.99 Å². The summed E-state index contributed by atoms with van der Waals surface area (Å²) >= 11 is 7.22. The highest BCUT2D eigenvalue weighted by atomic mass is 35.5. The molecule has 1 aromatic carbocycles. The molecule has 1 fully saturated rings. The van der Waals surface area contributed by atoms with E-state index >= 15 is 0 Å². The normalized spacial score (nSPS) is 25.4. The summed E-state index contributed by atoms with van der Waals surface area (Å²) in [5.74, 6) is 0.335. The SMILES string of the molecule is C/N=C1\SCC(O)(c2ccc(Cl)c(S(N)(=O)=O)c2)N1C. The first-order chi connectivity index (χ1) is 9.20. The van der Waals surface area contributed by atoms with Crippen LogP contribution in [-0.4, -0.2) is 43.4 Å². The van der Waals surface area contributed by atoms with Crippen LogP contribution < -0.4 is 5.14 Å². The molecule has 1 aliphatic rings. The molecule has 0 bridgehead atoms. The summed E-state index contributed by atoms with van der Waals surface area (Å²) in [6, 6.07) is 4.29. The summed E-state index contributed by atoms with van der Waals surface area (Å²) in [6.07, 6.45) is 0. The predicted octanol–water partition coefficient (Wildman–Crippen LogP) is 0.797. The third kappa shape index (κ3) is 2.53. The van der Waals surface area contributed by atoms with Crippen molar-refractivity contribution in [1.29, 1.82) is 0 Å². The molecule has 0 aliphatic carbocycles. The van der Waals surface area contributed by atoms with Gasteiger partial charge in [-0.05, 0) is 12.1 Å². The van der Waals surface area contributed by atoms with Crippen LogP contribution >= 0.6 is 23.4 Å². The minimum atomic E-state index is -3.95. The molecule has 3 N–H and O–H groups in total. The van der Waals surface area contributed by atoms with Crippen molar-refractivity contribution in [2.24, 2.45) is 10.1 Å². The second-order valence-electron chi connectivity index (χ2n) is 4.36. The smallest absolute Gasteiger partial charge is 0.239 e. The van der Waals surface area contributed by atoms with E-state index < -0.39 is 15.7 Å². The summed E-state index contributed by atoms with van der Waals surface area (Å²) in [5, 5.41) is 16.6. The fourth-order valence-corrected chi connectivity index (χ4v) is 4.21. The number of aliphatic imine (C=N–C) groups is 1. The van der Waals surface area contributed by atoms with Crippen LogP contribution in [0.3, 0.4) is 0 Å². The Hall–Kier alpha value is -0.800. The van der Waals surface area contributed by atoms with Crippen LogP contribution in [0, 0.1) is 0 Å². The number of thioether (sulfide) groups is 1. The Morgan fingerprint density at radius 2 is 2.20 bits per heavy atom. The minimum Gasteiger partial charge on any atom is -0.366 e. The van der Waals surface area contributed by atoms with Gasteiger partial charge in [0, 0.05) is 19.7 Å². The minimum absolute atomic E-state index is 0.0255. The van der Waals surface area contributed by atoms with Gasteiger partial charge >= 0.3 is 0 Å². The highest BCUT2D eigenvalue weighted by molar-refractivity contribution is 8.14. The molecule has 0 radical (unpaired) electrons. The van der Waals surface area contributed by atoms with Crippen LogP contribution in [-0.2, 0) is 15.7 Å². The third-order valence-electron chi connectivity index (χ3n) is 3.14. The van der Waals surface area contributed by atoms with Gasteiger partial charge in [0.2, 0.25) is 10.0 Å². The van der Waals surface area contributed by atoms with Gasteiger partial charge in [-0.3, -0.25) is 4.99 Å². The van der Waals surface area contributed by atoms with Crippen LogP contribution in [0.1, 0.15) is 5.56 Å². The van der Waals surface area contributed by atoms with E-state index in [-0.39, 0.29) is 9.92 Å². The number of primary sulfonamides is 1. The van der Waals surface area contributed by atoms with E-state index in [9.17, 15) is 13.5 Å². The summed E-state index contributed by atoms with van der Waals surface area (Å²) in [5.41, 5.74) is -0.941. The van der Waals surface area contributed by atoms with Gasteiger partial charge in [0.25, 0.3) is 0 Å². The van der Waals surface area contributed by atoms with Crippen LogP contribution in [0.4, 0.5) is 0 Å². The first kappa shape index (κ1) is 15.6. The maximum absolute atomic E-state index is 11.5. The Morgan fingerprint density at radius 1 is 1.55 bits per heavy atom. The summed E-state index contributed by atoms with van der Waals surface area (Å²) < 4.78 is 23.0. The molecule has 20 heavy (non-hydrogen) atoms. The predicted molar refractivity (Wildman–Crippen MR) is 80.3 cm³/mol. The molecule has 2 rings (SSSR count). The van der Waals surface area contributed by atoms with E-state index in [1.165, 1.54) is 23.9 Å².